The Kier molecular flexibility index (Phi) is 9.56. The molecule has 0 bridgehead atoms. The first-order valence-electron chi connectivity index (χ1n) is 5.81. The summed E-state index contributed by atoms with van der Waals surface area (Å²) in [4.78, 5) is 11.5. The second-order valence-electron chi connectivity index (χ2n) is 3.69. The van der Waals surface area contributed by atoms with E-state index in [9.17, 15) is 4.79 Å². The quantitative estimate of drug-likeness (QED) is 0.333. The van der Waals surface area contributed by atoms with Crippen LogP contribution in [0.25, 0.3) is 0 Å². The number of hydrogen-bond donors (Lipinski definition) is 0. The van der Waals surface area contributed by atoms with Gasteiger partial charge in [0.2, 0.25) is 5.78 Å². The number of carbonyl (C=O) groups is 1. The summed E-state index contributed by atoms with van der Waals surface area (Å²) in [6, 6.07) is 0. The van der Waals surface area contributed by atoms with Crippen LogP contribution < -0.4 is 0 Å². The molecule has 90 valence electrons. The summed E-state index contributed by atoms with van der Waals surface area (Å²) in [6.45, 7) is 7.19. The highest BCUT2D eigenvalue weighted by atomic mass is 16.1. The minimum atomic E-state index is -0.0935. The fourth-order valence-corrected chi connectivity index (χ4v) is 1.50. The average Bonchev–Trinajstić information content (AvgIpc) is 2.36. The van der Waals surface area contributed by atoms with Crippen molar-refractivity contribution in [2.45, 2.75) is 25.7 Å². The SMILES string of the molecule is C#CC(=O)C(CC/C=C/C=C)CC/C=C/C=C. The lowest BCUT2D eigenvalue weighted by Gasteiger charge is -2.09. The average molecular weight is 228 g/mol. The molecule has 0 aromatic rings. The van der Waals surface area contributed by atoms with Crippen LogP contribution in [0, 0.1) is 18.3 Å². The summed E-state index contributed by atoms with van der Waals surface area (Å²) < 4.78 is 0. The molecular formula is C16H20O. The number of hydrogen-bond acceptors (Lipinski definition) is 1. The van der Waals surface area contributed by atoms with Crippen LogP contribution in [0.2, 0.25) is 0 Å². The molecule has 0 atom stereocenters. The van der Waals surface area contributed by atoms with Crippen LogP contribution >= 0.6 is 0 Å². The highest BCUT2D eigenvalue weighted by Gasteiger charge is 2.14. The number of allylic oxidation sites excluding steroid dienone is 6. The van der Waals surface area contributed by atoms with E-state index in [1.807, 2.05) is 24.3 Å². The Morgan fingerprint density at radius 2 is 1.59 bits per heavy atom. The Morgan fingerprint density at radius 3 is 1.94 bits per heavy atom. The van der Waals surface area contributed by atoms with Gasteiger partial charge in [0.15, 0.2) is 0 Å². The number of rotatable bonds is 9. The fraction of sp³-hybridized carbons (Fsp3) is 0.312. The van der Waals surface area contributed by atoms with Crippen LogP contribution in [0.15, 0.2) is 49.6 Å². The van der Waals surface area contributed by atoms with Crippen LogP contribution in [0.3, 0.4) is 0 Å². The molecule has 0 aliphatic heterocycles. The van der Waals surface area contributed by atoms with Crippen LogP contribution in [-0.4, -0.2) is 5.78 Å². The van der Waals surface area contributed by atoms with Crippen LogP contribution in [0.5, 0.6) is 0 Å². The smallest absolute Gasteiger partial charge is 0.208 e. The van der Waals surface area contributed by atoms with Gasteiger partial charge in [-0.3, -0.25) is 4.79 Å². The van der Waals surface area contributed by atoms with Crippen molar-refractivity contribution in [2.24, 2.45) is 5.92 Å². The lowest BCUT2D eigenvalue weighted by atomic mass is 9.93. The van der Waals surface area contributed by atoms with E-state index >= 15 is 0 Å². The predicted octanol–water partition coefficient (Wildman–Crippen LogP) is 3.85. The second kappa shape index (κ2) is 10.7. The van der Waals surface area contributed by atoms with Gasteiger partial charge in [-0.25, -0.2) is 0 Å². The van der Waals surface area contributed by atoms with E-state index in [1.54, 1.807) is 12.2 Å². The molecule has 0 fully saturated rings. The van der Waals surface area contributed by atoms with Gasteiger partial charge in [0, 0.05) is 5.92 Å². The van der Waals surface area contributed by atoms with Crippen LogP contribution in [0.1, 0.15) is 25.7 Å². The summed E-state index contributed by atoms with van der Waals surface area (Å²) in [5.41, 5.74) is 0. The van der Waals surface area contributed by atoms with Crippen molar-refractivity contribution in [2.75, 3.05) is 0 Å². The molecular weight excluding hydrogens is 208 g/mol. The zero-order valence-electron chi connectivity index (χ0n) is 10.3. The Labute approximate surface area is 105 Å². The summed E-state index contributed by atoms with van der Waals surface area (Å²) in [5, 5.41) is 0. The molecule has 0 amide bonds. The lowest BCUT2D eigenvalue weighted by molar-refractivity contribution is -0.117. The molecule has 0 aromatic heterocycles. The standard InChI is InChI=1S/C16H20O/c1-4-7-9-11-13-15(16(17)6-3)14-12-10-8-5-2/h3-5,7-10,15H,1-2,11-14H2/b9-7+,10-8+. The minimum Gasteiger partial charge on any atom is -0.285 e. The molecule has 0 N–H and O–H groups in total. The maximum Gasteiger partial charge on any atom is 0.208 e. The molecule has 0 unspecified atom stereocenters. The van der Waals surface area contributed by atoms with Crippen molar-refractivity contribution in [1.29, 1.82) is 0 Å². The topological polar surface area (TPSA) is 17.1 Å². The molecule has 1 heteroatoms. The van der Waals surface area contributed by atoms with Crippen molar-refractivity contribution < 1.29 is 4.79 Å². The van der Waals surface area contributed by atoms with E-state index in [4.69, 9.17) is 6.42 Å². The third-order valence-corrected chi connectivity index (χ3v) is 2.42. The van der Waals surface area contributed by atoms with Gasteiger partial charge in [-0.1, -0.05) is 49.6 Å². The molecule has 0 aliphatic rings. The van der Waals surface area contributed by atoms with E-state index < -0.39 is 0 Å². The highest BCUT2D eigenvalue weighted by Crippen LogP contribution is 2.15. The monoisotopic (exact) mass is 228 g/mol. The second-order valence-corrected chi connectivity index (χ2v) is 3.69. The van der Waals surface area contributed by atoms with Crippen molar-refractivity contribution in [3.05, 3.63) is 49.6 Å². The molecule has 0 heterocycles. The first-order valence-corrected chi connectivity index (χ1v) is 5.81. The molecule has 17 heavy (non-hydrogen) atoms. The summed E-state index contributed by atoms with van der Waals surface area (Å²) in [6.07, 6.45) is 19.7. The minimum absolute atomic E-state index is 0.0380. The van der Waals surface area contributed by atoms with Crippen molar-refractivity contribution >= 4 is 5.78 Å². The first kappa shape index (κ1) is 15.2. The van der Waals surface area contributed by atoms with Gasteiger partial charge in [0.1, 0.15) is 0 Å². The fourth-order valence-electron chi connectivity index (χ4n) is 1.50. The van der Waals surface area contributed by atoms with E-state index in [0.29, 0.717) is 0 Å². The molecule has 0 aliphatic carbocycles. The Morgan fingerprint density at radius 1 is 1.12 bits per heavy atom. The Hall–Kier alpha value is -1.81. The maximum absolute atomic E-state index is 11.5. The van der Waals surface area contributed by atoms with Gasteiger partial charge in [0.25, 0.3) is 0 Å². The number of terminal acetylenes is 1. The zero-order chi connectivity index (χ0) is 12.9. The highest BCUT2D eigenvalue weighted by molar-refractivity contribution is 5.96. The van der Waals surface area contributed by atoms with Gasteiger partial charge in [0.05, 0.1) is 0 Å². The van der Waals surface area contributed by atoms with Gasteiger partial charge in [-0.15, -0.1) is 6.42 Å². The normalized spacial score (nSPS) is 10.8. The summed E-state index contributed by atoms with van der Waals surface area (Å²) in [7, 11) is 0. The van der Waals surface area contributed by atoms with E-state index in [2.05, 4.69) is 19.1 Å². The van der Waals surface area contributed by atoms with E-state index in [-0.39, 0.29) is 11.7 Å². The molecule has 0 rings (SSSR count). The summed E-state index contributed by atoms with van der Waals surface area (Å²) >= 11 is 0. The van der Waals surface area contributed by atoms with Gasteiger partial charge >= 0.3 is 0 Å². The van der Waals surface area contributed by atoms with Crippen LogP contribution in [0.4, 0.5) is 0 Å². The number of carbonyl (C=O) groups excluding carboxylic acids is 1. The largest absolute Gasteiger partial charge is 0.285 e. The molecule has 0 spiro atoms. The molecule has 0 aromatic carbocycles. The predicted molar refractivity (Wildman–Crippen MR) is 74.5 cm³/mol. The third-order valence-electron chi connectivity index (χ3n) is 2.42. The molecule has 1 nitrogen and oxygen atoms in total. The van der Waals surface area contributed by atoms with Crippen molar-refractivity contribution in [3.63, 3.8) is 0 Å². The van der Waals surface area contributed by atoms with Gasteiger partial charge in [-0.2, -0.15) is 0 Å². The van der Waals surface area contributed by atoms with Gasteiger partial charge in [-0.05, 0) is 31.6 Å². The van der Waals surface area contributed by atoms with E-state index in [1.165, 1.54) is 0 Å². The van der Waals surface area contributed by atoms with E-state index in [0.717, 1.165) is 25.7 Å². The van der Waals surface area contributed by atoms with Crippen molar-refractivity contribution in [1.82, 2.24) is 0 Å². The lowest BCUT2D eigenvalue weighted by Crippen LogP contribution is -2.11. The maximum atomic E-state index is 11.5. The number of ketones is 1. The molecule has 0 radical (unpaired) electrons. The van der Waals surface area contributed by atoms with Gasteiger partial charge < -0.3 is 0 Å². The zero-order valence-corrected chi connectivity index (χ0v) is 10.3. The number of Topliss-reactive ketones (excluding diaryl/α,β-unsaturated/α-hetero) is 1. The Balaban J connectivity index is 4.15. The third kappa shape index (κ3) is 8.04. The summed E-state index contributed by atoms with van der Waals surface area (Å²) in [5.74, 6) is 2.09. The van der Waals surface area contributed by atoms with Crippen molar-refractivity contribution in [3.8, 4) is 12.3 Å². The Bertz CT molecular complexity index is 317. The molecule has 0 saturated heterocycles. The first-order chi connectivity index (χ1) is 8.26. The van der Waals surface area contributed by atoms with Crippen LogP contribution in [-0.2, 0) is 4.79 Å². The molecule has 0 saturated carbocycles.